The summed E-state index contributed by atoms with van der Waals surface area (Å²) in [5, 5.41) is 1.46. The van der Waals surface area contributed by atoms with E-state index < -0.39 is 0 Å². The zero-order chi connectivity index (χ0) is 13.4. The molecule has 0 heterocycles. The lowest BCUT2D eigenvalue weighted by molar-refractivity contribution is 0.0991. The molecule has 3 heteroatoms. The van der Waals surface area contributed by atoms with Crippen LogP contribution in [0, 0.1) is 5.41 Å². The van der Waals surface area contributed by atoms with Gasteiger partial charge in [-0.2, -0.15) is 0 Å². The van der Waals surface area contributed by atoms with Gasteiger partial charge in [-0.15, -0.1) is 0 Å². The second-order valence-corrected chi connectivity index (χ2v) is 6.94. The smallest absolute Gasteiger partial charge is 0.0453 e. The Morgan fingerprint density at radius 1 is 1.11 bits per heavy atom. The Labute approximate surface area is 120 Å². The highest BCUT2D eigenvalue weighted by Crippen LogP contribution is 2.45. The van der Waals surface area contributed by atoms with Crippen LogP contribution < -0.4 is 5.73 Å². The molecular formula is C15H21Cl2N. The van der Waals surface area contributed by atoms with Crippen molar-refractivity contribution in [3.05, 3.63) is 33.8 Å². The Morgan fingerprint density at radius 3 is 2.22 bits per heavy atom. The van der Waals surface area contributed by atoms with Gasteiger partial charge in [0.15, 0.2) is 0 Å². The van der Waals surface area contributed by atoms with Crippen LogP contribution in [0.4, 0.5) is 0 Å². The molecule has 0 radical (unpaired) electrons. The van der Waals surface area contributed by atoms with Crippen molar-refractivity contribution in [3.8, 4) is 0 Å². The first-order valence-corrected chi connectivity index (χ1v) is 7.33. The van der Waals surface area contributed by atoms with Crippen LogP contribution >= 0.6 is 23.2 Å². The average Bonchev–Trinajstić information content (AvgIpc) is 2.28. The van der Waals surface area contributed by atoms with Gasteiger partial charge in [0.05, 0.1) is 0 Å². The molecular weight excluding hydrogens is 265 g/mol. The third-order valence-electron chi connectivity index (χ3n) is 4.58. The van der Waals surface area contributed by atoms with Gasteiger partial charge in [-0.05, 0) is 42.4 Å². The molecule has 0 aliphatic heterocycles. The predicted molar refractivity (Wildman–Crippen MR) is 79.3 cm³/mol. The summed E-state index contributed by atoms with van der Waals surface area (Å²) in [6.45, 7) is 4.52. The normalized spacial score (nSPS) is 27.2. The van der Waals surface area contributed by atoms with Gasteiger partial charge in [-0.3, -0.25) is 0 Å². The number of hydrogen-bond acceptors (Lipinski definition) is 1. The van der Waals surface area contributed by atoms with Crippen LogP contribution in [0.1, 0.15) is 45.1 Å². The quantitative estimate of drug-likeness (QED) is 0.827. The number of halogens is 2. The molecule has 0 aromatic heterocycles. The summed E-state index contributed by atoms with van der Waals surface area (Å²) < 4.78 is 0. The molecule has 1 aliphatic carbocycles. The minimum Gasteiger partial charge on any atom is -0.324 e. The maximum atomic E-state index is 6.69. The van der Waals surface area contributed by atoms with Crippen LogP contribution in [-0.4, -0.2) is 5.54 Å². The van der Waals surface area contributed by atoms with Gasteiger partial charge >= 0.3 is 0 Å². The Bertz CT molecular complexity index is 422. The van der Waals surface area contributed by atoms with Gasteiger partial charge in [0.1, 0.15) is 0 Å². The second kappa shape index (κ2) is 5.03. The SMILES string of the molecule is CC1(C)CCCCC1(N)Cc1c(Cl)cccc1Cl. The largest absolute Gasteiger partial charge is 0.324 e. The number of rotatable bonds is 2. The van der Waals surface area contributed by atoms with E-state index in [0.717, 1.165) is 28.5 Å². The van der Waals surface area contributed by atoms with Gasteiger partial charge in [0.2, 0.25) is 0 Å². The summed E-state index contributed by atoms with van der Waals surface area (Å²) in [7, 11) is 0. The van der Waals surface area contributed by atoms with E-state index in [4.69, 9.17) is 28.9 Å². The molecule has 2 rings (SSSR count). The summed E-state index contributed by atoms with van der Waals surface area (Å²) in [5.74, 6) is 0. The van der Waals surface area contributed by atoms with Crippen LogP contribution in [0.2, 0.25) is 10.0 Å². The minimum absolute atomic E-state index is 0.133. The predicted octanol–water partition coefficient (Wildman–Crippen LogP) is 4.83. The van der Waals surface area contributed by atoms with Crippen molar-refractivity contribution in [1.82, 2.24) is 0 Å². The van der Waals surface area contributed by atoms with Crippen molar-refractivity contribution < 1.29 is 0 Å². The number of benzene rings is 1. The lowest BCUT2D eigenvalue weighted by atomic mass is 9.61. The molecule has 1 aromatic rings. The number of nitrogens with two attached hydrogens (primary N) is 1. The van der Waals surface area contributed by atoms with E-state index >= 15 is 0 Å². The van der Waals surface area contributed by atoms with Gasteiger partial charge < -0.3 is 5.73 Å². The molecule has 1 aliphatic rings. The molecule has 1 fully saturated rings. The first kappa shape index (κ1) is 14.2. The zero-order valence-electron chi connectivity index (χ0n) is 11.1. The van der Waals surface area contributed by atoms with E-state index in [1.54, 1.807) is 0 Å². The van der Waals surface area contributed by atoms with E-state index in [0.29, 0.717) is 0 Å². The molecule has 1 aromatic carbocycles. The van der Waals surface area contributed by atoms with Crippen LogP contribution in [0.25, 0.3) is 0 Å². The second-order valence-electron chi connectivity index (χ2n) is 6.12. The standard InChI is InChI=1S/C15H21Cl2N/c1-14(2)8-3-4-9-15(14,18)10-11-12(16)6-5-7-13(11)17/h5-7H,3-4,8-10,18H2,1-2H3. The van der Waals surface area contributed by atoms with Gasteiger partial charge in [0, 0.05) is 15.6 Å². The molecule has 0 spiro atoms. The molecule has 100 valence electrons. The molecule has 18 heavy (non-hydrogen) atoms. The molecule has 0 bridgehead atoms. The molecule has 2 N–H and O–H groups in total. The Hall–Kier alpha value is -0.240. The van der Waals surface area contributed by atoms with E-state index in [9.17, 15) is 0 Å². The van der Waals surface area contributed by atoms with Crippen molar-refractivity contribution in [3.63, 3.8) is 0 Å². The molecule has 1 nitrogen and oxygen atoms in total. The van der Waals surface area contributed by atoms with E-state index in [2.05, 4.69) is 13.8 Å². The fourth-order valence-corrected chi connectivity index (χ4v) is 3.47. The monoisotopic (exact) mass is 285 g/mol. The summed E-state index contributed by atoms with van der Waals surface area (Å²) in [5.41, 5.74) is 7.61. The van der Waals surface area contributed by atoms with Crippen LogP contribution in [0.3, 0.4) is 0 Å². The first-order chi connectivity index (χ1) is 8.36. The average molecular weight is 286 g/mol. The van der Waals surface area contributed by atoms with Crippen molar-refractivity contribution >= 4 is 23.2 Å². The van der Waals surface area contributed by atoms with Gasteiger partial charge in [-0.1, -0.05) is 56.0 Å². The minimum atomic E-state index is -0.208. The van der Waals surface area contributed by atoms with Crippen molar-refractivity contribution in [2.45, 2.75) is 51.5 Å². The fraction of sp³-hybridized carbons (Fsp3) is 0.600. The van der Waals surface area contributed by atoms with Crippen molar-refractivity contribution in [1.29, 1.82) is 0 Å². The number of hydrogen-bond donors (Lipinski definition) is 1. The highest BCUT2D eigenvalue weighted by molar-refractivity contribution is 6.36. The summed E-state index contributed by atoms with van der Waals surface area (Å²) in [6, 6.07) is 5.66. The van der Waals surface area contributed by atoms with Crippen molar-refractivity contribution in [2.75, 3.05) is 0 Å². The molecule has 1 atom stereocenters. The zero-order valence-corrected chi connectivity index (χ0v) is 12.6. The van der Waals surface area contributed by atoms with Gasteiger partial charge in [-0.25, -0.2) is 0 Å². The molecule has 1 saturated carbocycles. The van der Waals surface area contributed by atoms with E-state index in [-0.39, 0.29) is 11.0 Å². The Balaban J connectivity index is 2.32. The van der Waals surface area contributed by atoms with Crippen LogP contribution in [0.15, 0.2) is 18.2 Å². The van der Waals surface area contributed by atoms with E-state index in [1.165, 1.54) is 19.3 Å². The third kappa shape index (κ3) is 2.54. The third-order valence-corrected chi connectivity index (χ3v) is 5.28. The molecule has 0 amide bonds. The Morgan fingerprint density at radius 2 is 1.67 bits per heavy atom. The Kier molecular flexibility index (Phi) is 3.96. The van der Waals surface area contributed by atoms with Crippen LogP contribution in [0.5, 0.6) is 0 Å². The summed E-state index contributed by atoms with van der Waals surface area (Å²) in [6.07, 6.45) is 5.44. The highest BCUT2D eigenvalue weighted by atomic mass is 35.5. The summed E-state index contributed by atoms with van der Waals surface area (Å²) >= 11 is 12.5. The lowest BCUT2D eigenvalue weighted by Gasteiger charge is -2.48. The fourth-order valence-electron chi connectivity index (χ4n) is 2.94. The molecule has 1 unspecified atom stereocenters. The lowest BCUT2D eigenvalue weighted by Crippen LogP contribution is -2.56. The van der Waals surface area contributed by atoms with Crippen molar-refractivity contribution in [2.24, 2.45) is 11.1 Å². The summed E-state index contributed by atoms with van der Waals surface area (Å²) in [4.78, 5) is 0. The molecule has 0 saturated heterocycles. The maximum absolute atomic E-state index is 6.69. The highest BCUT2D eigenvalue weighted by Gasteiger charge is 2.43. The topological polar surface area (TPSA) is 26.0 Å². The first-order valence-electron chi connectivity index (χ1n) is 6.57. The van der Waals surface area contributed by atoms with Gasteiger partial charge in [0.25, 0.3) is 0 Å². The maximum Gasteiger partial charge on any atom is 0.0453 e. The van der Waals surface area contributed by atoms with E-state index in [1.807, 2.05) is 18.2 Å². The van der Waals surface area contributed by atoms with Crippen LogP contribution in [-0.2, 0) is 6.42 Å².